The average Bonchev–Trinajstić information content (AvgIpc) is 3.49. The van der Waals surface area contributed by atoms with Crippen molar-refractivity contribution in [1.82, 2.24) is 4.90 Å². The summed E-state index contributed by atoms with van der Waals surface area (Å²) in [7, 11) is 1.49. The van der Waals surface area contributed by atoms with E-state index in [9.17, 15) is 19.5 Å². The van der Waals surface area contributed by atoms with Crippen LogP contribution < -0.4 is 20.1 Å². The summed E-state index contributed by atoms with van der Waals surface area (Å²) < 4.78 is 17.6. The van der Waals surface area contributed by atoms with Gasteiger partial charge >= 0.3 is 12.0 Å². The van der Waals surface area contributed by atoms with Crippen molar-refractivity contribution in [2.75, 3.05) is 31.0 Å². The molecule has 1 fully saturated rings. The third-order valence-electron chi connectivity index (χ3n) is 7.84. The number of carboxylic acids is 1. The Hall–Kier alpha value is -5.06. The van der Waals surface area contributed by atoms with Crippen molar-refractivity contribution in [2.45, 2.75) is 38.0 Å². The molecular weight excluding hydrogens is 622 g/mol. The van der Waals surface area contributed by atoms with Crippen LogP contribution in [-0.4, -0.2) is 60.3 Å². The van der Waals surface area contributed by atoms with Crippen LogP contribution in [0, 0.1) is 0 Å². The molecular formula is C36H36ClN3O7. The summed E-state index contributed by atoms with van der Waals surface area (Å²) in [6.45, 7) is 0.993. The predicted molar refractivity (Wildman–Crippen MR) is 179 cm³/mol. The van der Waals surface area contributed by atoms with Crippen molar-refractivity contribution in [2.24, 2.45) is 0 Å². The lowest BCUT2D eigenvalue weighted by atomic mass is 10.1. The smallest absolute Gasteiger partial charge is 0.335 e. The summed E-state index contributed by atoms with van der Waals surface area (Å²) in [5.74, 6) is -0.330. The van der Waals surface area contributed by atoms with Gasteiger partial charge in [0.25, 0.3) is 0 Å². The Balaban J connectivity index is 1.27. The van der Waals surface area contributed by atoms with Gasteiger partial charge in [-0.15, -0.1) is 0 Å². The molecule has 1 saturated heterocycles. The number of carbonyl (C=O) groups excluding carboxylic acids is 2. The van der Waals surface area contributed by atoms with Crippen LogP contribution in [0.1, 0.15) is 34.3 Å². The van der Waals surface area contributed by atoms with Crippen LogP contribution in [0.15, 0.2) is 97.1 Å². The van der Waals surface area contributed by atoms with Crippen LogP contribution >= 0.6 is 11.6 Å². The molecule has 1 aliphatic heterocycles. The highest BCUT2D eigenvalue weighted by Gasteiger charge is 2.37. The first kappa shape index (κ1) is 33.3. The van der Waals surface area contributed by atoms with Gasteiger partial charge in [0.15, 0.2) is 0 Å². The normalized spacial score (nSPS) is 15.6. The van der Waals surface area contributed by atoms with E-state index in [1.165, 1.54) is 19.2 Å². The lowest BCUT2D eigenvalue weighted by Gasteiger charge is -2.30. The number of nitrogens with zero attached hydrogens (tertiary/aromatic N) is 1. The fourth-order valence-corrected chi connectivity index (χ4v) is 5.73. The van der Waals surface area contributed by atoms with Crippen molar-refractivity contribution < 1.29 is 33.7 Å². The number of anilines is 2. The molecule has 3 amide bonds. The van der Waals surface area contributed by atoms with E-state index in [2.05, 4.69) is 10.6 Å². The summed E-state index contributed by atoms with van der Waals surface area (Å²) in [5, 5.41) is 15.2. The quantitative estimate of drug-likeness (QED) is 0.143. The van der Waals surface area contributed by atoms with Crippen molar-refractivity contribution >= 4 is 40.9 Å². The second kappa shape index (κ2) is 16.0. The minimum Gasteiger partial charge on any atom is -0.495 e. The molecule has 244 valence electrons. The minimum absolute atomic E-state index is 0.0860. The van der Waals surface area contributed by atoms with Crippen LogP contribution in [0.3, 0.4) is 0 Å². The minimum atomic E-state index is -1.04. The van der Waals surface area contributed by atoms with Gasteiger partial charge in [-0.05, 0) is 66.4 Å². The van der Waals surface area contributed by atoms with Gasteiger partial charge in [0.1, 0.15) is 18.1 Å². The van der Waals surface area contributed by atoms with E-state index < -0.39 is 12.0 Å². The summed E-state index contributed by atoms with van der Waals surface area (Å²) in [6.07, 6.45) is 1.52. The number of ether oxygens (including phenoxy) is 3. The number of carbonyl (C=O) groups is 3. The van der Waals surface area contributed by atoms with E-state index in [0.717, 1.165) is 12.0 Å². The number of nitrogens with one attached hydrogen (secondary N) is 2. The largest absolute Gasteiger partial charge is 0.495 e. The molecule has 0 aliphatic carbocycles. The maximum Gasteiger partial charge on any atom is 0.335 e. The number of halogens is 1. The zero-order valence-corrected chi connectivity index (χ0v) is 26.6. The molecule has 47 heavy (non-hydrogen) atoms. The zero-order valence-electron chi connectivity index (χ0n) is 25.9. The average molecular weight is 658 g/mol. The van der Waals surface area contributed by atoms with Gasteiger partial charge in [0, 0.05) is 0 Å². The Kier molecular flexibility index (Phi) is 11.3. The molecule has 0 aromatic heterocycles. The number of para-hydroxylation sites is 1. The van der Waals surface area contributed by atoms with Gasteiger partial charge < -0.3 is 34.9 Å². The molecule has 2 atom stereocenters. The van der Waals surface area contributed by atoms with Crippen molar-refractivity contribution in [3.63, 3.8) is 0 Å². The van der Waals surface area contributed by atoms with E-state index >= 15 is 0 Å². The van der Waals surface area contributed by atoms with Gasteiger partial charge in [0.05, 0.1) is 60.8 Å². The number of rotatable bonds is 13. The number of aromatic carboxylic acids is 1. The second-order valence-electron chi connectivity index (χ2n) is 11.1. The molecule has 1 aliphatic rings. The number of carboxylic acid groups (broad SMARTS) is 1. The SMILES string of the molecule is COc1cc(CC(=O)N2[C@H](COCc3ccccc3)CC[C@H]2COc2cccc(C(=O)O)c2)ccc1NC(=O)Nc1ccccc1Cl. The number of hydrogen-bond acceptors (Lipinski definition) is 6. The Morgan fingerprint density at radius 3 is 2.30 bits per heavy atom. The lowest BCUT2D eigenvalue weighted by Crippen LogP contribution is -2.46. The maximum atomic E-state index is 13.9. The molecule has 0 spiro atoms. The van der Waals surface area contributed by atoms with Gasteiger partial charge in [-0.3, -0.25) is 4.79 Å². The molecule has 11 heteroatoms. The molecule has 0 radical (unpaired) electrons. The molecule has 0 unspecified atom stereocenters. The van der Waals surface area contributed by atoms with Crippen LogP contribution in [-0.2, 0) is 22.6 Å². The van der Waals surface area contributed by atoms with Crippen molar-refractivity contribution in [3.05, 3.63) is 119 Å². The highest BCUT2D eigenvalue weighted by molar-refractivity contribution is 6.33. The van der Waals surface area contributed by atoms with Crippen LogP contribution in [0.4, 0.5) is 16.2 Å². The van der Waals surface area contributed by atoms with Crippen molar-refractivity contribution in [3.8, 4) is 11.5 Å². The Bertz CT molecular complexity index is 1700. The van der Waals surface area contributed by atoms with E-state index in [1.54, 1.807) is 54.6 Å². The van der Waals surface area contributed by atoms with Crippen LogP contribution in [0.5, 0.6) is 11.5 Å². The molecule has 1 heterocycles. The molecule has 0 saturated carbocycles. The fraction of sp³-hybridized carbons (Fsp3) is 0.250. The maximum absolute atomic E-state index is 13.9. The summed E-state index contributed by atoms with van der Waals surface area (Å²) in [6, 6.07) is 27.3. The third kappa shape index (κ3) is 9.02. The topological polar surface area (TPSA) is 126 Å². The van der Waals surface area contributed by atoms with E-state index in [1.807, 2.05) is 35.2 Å². The highest BCUT2D eigenvalue weighted by Crippen LogP contribution is 2.30. The summed E-state index contributed by atoms with van der Waals surface area (Å²) >= 11 is 6.16. The van der Waals surface area contributed by atoms with E-state index in [4.69, 9.17) is 25.8 Å². The molecule has 10 nitrogen and oxygen atoms in total. The number of likely N-dealkylation sites (tertiary alicyclic amines) is 1. The van der Waals surface area contributed by atoms with Gasteiger partial charge in [-0.25, -0.2) is 9.59 Å². The van der Waals surface area contributed by atoms with Gasteiger partial charge in [-0.1, -0.05) is 66.2 Å². The zero-order chi connectivity index (χ0) is 33.2. The van der Waals surface area contributed by atoms with Gasteiger partial charge in [-0.2, -0.15) is 0 Å². The molecule has 3 N–H and O–H groups in total. The Labute approximate surface area is 278 Å². The Morgan fingerprint density at radius 1 is 0.830 bits per heavy atom. The fourth-order valence-electron chi connectivity index (χ4n) is 5.55. The highest BCUT2D eigenvalue weighted by atomic mass is 35.5. The first-order valence-corrected chi connectivity index (χ1v) is 15.6. The van der Waals surface area contributed by atoms with Crippen LogP contribution in [0.2, 0.25) is 5.02 Å². The number of methoxy groups -OCH3 is 1. The number of benzene rings is 4. The van der Waals surface area contributed by atoms with Crippen LogP contribution in [0.25, 0.3) is 0 Å². The first-order valence-electron chi connectivity index (χ1n) is 15.2. The standard InChI is InChI=1S/C36H36ClN3O7/c1-45-33-18-25(14-17-32(33)39-36(44)38-31-13-6-5-12-30(31)37)19-34(41)40-27(22-46-21-24-8-3-2-4-9-24)15-16-28(40)23-47-29-11-7-10-26(20-29)35(42)43/h2-14,17-18,20,27-28H,15-16,19,21-23H2,1H3,(H,42,43)(H2,38,39,44)/t27-,28-/m0/s1. The van der Waals surface area contributed by atoms with Crippen molar-refractivity contribution in [1.29, 1.82) is 0 Å². The lowest BCUT2D eigenvalue weighted by molar-refractivity contribution is -0.135. The number of urea groups is 1. The monoisotopic (exact) mass is 657 g/mol. The number of amides is 3. The second-order valence-corrected chi connectivity index (χ2v) is 11.5. The summed E-state index contributed by atoms with van der Waals surface area (Å²) in [4.78, 5) is 39.8. The molecule has 5 rings (SSSR count). The predicted octanol–water partition coefficient (Wildman–Crippen LogP) is 6.89. The number of hydrogen-bond donors (Lipinski definition) is 3. The van der Waals surface area contributed by atoms with E-state index in [0.29, 0.717) is 53.1 Å². The molecule has 4 aromatic rings. The third-order valence-corrected chi connectivity index (χ3v) is 8.17. The Morgan fingerprint density at radius 2 is 1.55 bits per heavy atom. The van der Waals surface area contributed by atoms with Gasteiger partial charge in [0.2, 0.25) is 5.91 Å². The van der Waals surface area contributed by atoms with E-state index in [-0.39, 0.29) is 36.6 Å². The molecule has 0 bridgehead atoms. The molecule has 4 aromatic carbocycles. The summed E-state index contributed by atoms with van der Waals surface area (Å²) in [5.41, 5.74) is 2.77. The first-order chi connectivity index (χ1) is 22.8.